The Balaban J connectivity index is 1.81. The van der Waals surface area contributed by atoms with E-state index in [2.05, 4.69) is 4.74 Å². The van der Waals surface area contributed by atoms with Gasteiger partial charge in [0.2, 0.25) is 0 Å². The Bertz CT molecular complexity index is 485. The number of carbonyl (C=O) groups excluding carboxylic acids is 2. The molecule has 0 radical (unpaired) electrons. The van der Waals surface area contributed by atoms with Crippen molar-refractivity contribution in [1.82, 2.24) is 0 Å². The summed E-state index contributed by atoms with van der Waals surface area (Å²) < 4.78 is 15.9. The Labute approximate surface area is 124 Å². The highest BCUT2D eigenvalue weighted by atomic mass is 16.5. The standard InChI is InChI=1S/C16H20O5/c1-11-15(16(18)19-2)14(17)8-13(21-11)10-20-9-12-6-4-3-5-7-12/h3-7,11,13,15H,8-10H2,1-2H3/t11-,13-,15-/m0/s1. The molecule has 5 nitrogen and oxygen atoms in total. The van der Waals surface area contributed by atoms with Crippen LogP contribution in [-0.2, 0) is 30.4 Å². The van der Waals surface area contributed by atoms with Crippen LogP contribution in [0.15, 0.2) is 30.3 Å². The number of ether oxygens (including phenoxy) is 3. The van der Waals surface area contributed by atoms with Crippen LogP contribution < -0.4 is 0 Å². The van der Waals surface area contributed by atoms with E-state index in [0.717, 1.165) is 5.56 Å². The number of Topliss-reactive ketones (excluding diaryl/α,β-unsaturated/α-hetero) is 1. The molecular formula is C16H20O5. The van der Waals surface area contributed by atoms with E-state index in [1.807, 2.05) is 30.3 Å². The summed E-state index contributed by atoms with van der Waals surface area (Å²) in [7, 11) is 1.28. The van der Waals surface area contributed by atoms with Crippen molar-refractivity contribution in [3.63, 3.8) is 0 Å². The maximum absolute atomic E-state index is 12.0. The fourth-order valence-electron chi connectivity index (χ4n) is 2.47. The van der Waals surface area contributed by atoms with E-state index < -0.39 is 18.0 Å². The maximum atomic E-state index is 12.0. The van der Waals surface area contributed by atoms with Gasteiger partial charge in [0.05, 0.1) is 32.5 Å². The lowest BCUT2D eigenvalue weighted by Gasteiger charge is -2.31. The zero-order chi connectivity index (χ0) is 15.2. The minimum Gasteiger partial charge on any atom is -0.468 e. The van der Waals surface area contributed by atoms with Crippen LogP contribution in [0.5, 0.6) is 0 Å². The van der Waals surface area contributed by atoms with Crippen LogP contribution in [0.25, 0.3) is 0 Å². The highest BCUT2D eigenvalue weighted by Gasteiger charge is 2.40. The van der Waals surface area contributed by atoms with Gasteiger partial charge in [-0.1, -0.05) is 30.3 Å². The highest BCUT2D eigenvalue weighted by molar-refractivity contribution is 6.00. The van der Waals surface area contributed by atoms with Crippen molar-refractivity contribution in [2.75, 3.05) is 13.7 Å². The molecule has 0 spiro atoms. The van der Waals surface area contributed by atoms with Gasteiger partial charge in [-0.2, -0.15) is 0 Å². The average Bonchev–Trinajstić information content (AvgIpc) is 2.47. The first-order chi connectivity index (χ1) is 10.1. The second-order valence-electron chi connectivity index (χ2n) is 5.14. The molecule has 1 aromatic rings. The Morgan fingerprint density at radius 1 is 1.33 bits per heavy atom. The van der Waals surface area contributed by atoms with Gasteiger partial charge >= 0.3 is 5.97 Å². The highest BCUT2D eigenvalue weighted by Crippen LogP contribution is 2.23. The van der Waals surface area contributed by atoms with Crippen molar-refractivity contribution in [2.45, 2.75) is 32.2 Å². The van der Waals surface area contributed by atoms with Gasteiger partial charge in [-0.3, -0.25) is 9.59 Å². The monoisotopic (exact) mass is 292 g/mol. The van der Waals surface area contributed by atoms with Gasteiger partial charge in [-0.25, -0.2) is 0 Å². The summed E-state index contributed by atoms with van der Waals surface area (Å²) in [5, 5.41) is 0. The van der Waals surface area contributed by atoms with Crippen LogP contribution in [0.3, 0.4) is 0 Å². The SMILES string of the molecule is COC(=O)[C@@H]1C(=O)C[C@@H](COCc2ccccc2)O[C@H]1C. The maximum Gasteiger partial charge on any atom is 0.318 e. The van der Waals surface area contributed by atoms with Gasteiger partial charge in [-0.05, 0) is 12.5 Å². The van der Waals surface area contributed by atoms with Crippen LogP contribution in [0.2, 0.25) is 0 Å². The normalized spacial score (nSPS) is 25.6. The van der Waals surface area contributed by atoms with Gasteiger partial charge in [0.1, 0.15) is 5.92 Å². The number of hydrogen-bond donors (Lipinski definition) is 0. The van der Waals surface area contributed by atoms with E-state index >= 15 is 0 Å². The first kappa shape index (κ1) is 15.7. The first-order valence-corrected chi connectivity index (χ1v) is 6.99. The van der Waals surface area contributed by atoms with Crippen molar-refractivity contribution < 1.29 is 23.8 Å². The van der Waals surface area contributed by atoms with Gasteiger partial charge in [0, 0.05) is 6.42 Å². The molecule has 0 saturated carbocycles. The summed E-state index contributed by atoms with van der Waals surface area (Å²) in [5.41, 5.74) is 1.07. The lowest BCUT2D eigenvalue weighted by Crippen LogP contribution is -2.45. The van der Waals surface area contributed by atoms with E-state index in [9.17, 15) is 9.59 Å². The molecule has 5 heteroatoms. The molecule has 2 rings (SSSR count). The second kappa shape index (κ2) is 7.33. The predicted molar refractivity (Wildman–Crippen MR) is 75.6 cm³/mol. The molecule has 1 aliphatic rings. The quantitative estimate of drug-likeness (QED) is 0.611. The Morgan fingerprint density at radius 3 is 2.67 bits per heavy atom. The minimum absolute atomic E-state index is 0.145. The number of esters is 1. The van der Waals surface area contributed by atoms with Crippen LogP contribution in [0, 0.1) is 5.92 Å². The number of hydrogen-bond acceptors (Lipinski definition) is 5. The van der Waals surface area contributed by atoms with E-state index in [0.29, 0.717) is 13.2 Å². The Kier molecular flexibility index (Phi) is 5.47. The van der Waals surface area contributed by atoms with Crippen LogP contribution in [0.4, 0.5) is 0 Å². The largest absolute Gasteiger partial charge is 0.468 e. The molecule has 3 atom stereocenters. The third kappa shape index (κ3) is 4.12. The van der Waals surface area contributed by atoms with Crippen molar-refractivity contribution >= 4 is 11.8 Å². The van der Waals surface area contributed by atoms with E-state index in [-0.39, 0.29) is 18.3 Å². The number of rotatable bonds is 5. The second-order valence-corrected chi connectivity index (χ2v) is 5.14. The Morgan fingerprint density at radius 2 is 2.05 bits per heavy atom. The molecule has 0 aromatic heterocycles. The summed E-state index contributed by atoms with van der Waals surface area (Å²) in [6, 6.07) is 9.79. The number of benzene rings is 1. The zero-order valence-corrected chi connectivity index (χ0v) is 12.3. The zero-order valence-electron chi connectivity index (χ0n) is 12.3. The third-order valence-electron chi connectivity index (χ3n) is 3.52. The Hall–Kier alpha value is -1.72. The molecule has 0 aliphatic carbocycles. The molecular weight excluding hydrogens is 272 g/mol. The fourth-order valence-corrected chi connectivity index (χ4v) is 2.47. The molecule has 114 valence electrons. The number of methoxy groups -OCH3 is 1. The van der Waals surface area contributed by atoms with E-state index in [4.69, 9.17) is 9.47 Å². The minimum atomic E-state index is -0.819. The summed E-state index contributed by atoms with van der Waals surface area (Å²) in [6.07, 6.45) is -0.611. The molecule has 1 aliphatic heterocycles. The van der Waals surface area contributed by atoms with Crippen LogP contribution in [-0.4, -0.2) is 37.7 Å². The topological polar surface area (TPSA) is 61.8 Å². The lowest BCUT2D eigenvalue weighted by atomic mass is 9.91. The van der Waals surface area contributed by atoms with E-state index in [1.54, 1.807) is 6.92 Å². The number of carbonyl (C=O) groups is 2. The van der Waals surface area contributed by atoms with E-state index in [1.165, 1.54) is 7.11 Å². The van der Waals surface area contributed by atoms with Gasteiger partial charge in [0.25, 0.3) is 0 Å². The van der Waals surface area contributed by atoms with Gasteiger partial charge in [-0.15, -0.1) is 0 Å². The number of ketones is 1. The van der Waals surface area contributed by atoms with Crippen LogP contribution in [0.1, 0.15) is 18.9 Å². The summed E-state index contributed by atoms with van der Waals surface area (Å²) in [5.74, 6) is -1.49. The van der Waals surface area contributed by atoms with Crippen molar-refractivity contribution in [3.8, 4) is 0 Å². The molecule has 0 unspecified atom stereocenters. The summed E-state index contributed by atoms with van der Waals surface area (Å²) in [6.45, 7) is 2.52. The van der Waals surface area contributed by atoms with Crippen LogP contribution >= 0.6 is 0 Å². The third-order valence-corrected chi connectivity index (χ3v) is 3.52. The molecule has 0 amide bonds. The molecule has 1 saturated heterocycles. The van der Waals surface area contributed by atoms with Gasteiger partial charge < -0.3 is 14.2 Å². The average molecular weight is 292 g/mol. The van der Waals surface area contributed by atoms with Gasteiger partial charge in [0.15, 0.2) is 5.78 Å². The molecule has 0 N–H and O–H groups in total. The van der Waals surface area contributed by atoms with Crippen molar-refractivity contribution in [2.24, 2.45) is 5.92 Å². The lowest BCUT2D eigenvalue weighted by molar-refractivity contribution is -0.169. The molecule has 1 fully saturated rings. The smallest absolute Gasteiger partial charge is 0.318 e. The van der Waals surface area contributed by atoms with Crippen molar-refractivity contribution in [3.05, 3.63) is 35.9 Å². The molecule has 0 bridgehead atoms. The fraction of sp³-hybridized carbons (Fsp3) is 0.500. The molecule has 1 heterocycles. The summed E-state index contributed by atoms with van der Waals surface area (Å²) in [4.78, 5) is 23.6. The predicted octanol–water partition coefficient (Wildman–Crippen LogP) is 1.74. The summed E-state index contributed by atoms with van der Waals surface area (Å²) >= 11 is 0. The van der Waals surface area contributed by atoms with Crippen molar-refractivity contribution in [1.29, 1.82) is 0 Å². The first-order valence-electron chi connectivity index (χ1n) is 6.99. The molecule has 21 heavy (non-hydrogen) atoms. The molecule has 1 aromatic carbocycles.